The Morgan fingerprint density at radius 2 is 2.04 bits per heavy atom. The van der Waals surface area contributed by atoms with Crippen molar-refractivity contribution in [1.82, 2.24) is 0 Å². The second-order valence-corrected chi connectivity index (χ2v) is 8.03. The predicted octanol–water partition coefficient (Wildman–Crippen LogP) is 1.73. The van der Waals surface area contributed by atoms with Crippen LogP contribution in [0.2, 0.25) is 0 Å². The van der Waals surface area contributed by atoms with Gasteiger partial charge in [-0.05, 0) is 35.9 Å². The van der Waals surface area contributed by atoms with Crippen LogP contribution >= 0.6 is 0 Å². The summed E-state index contributed by atoms with van der Waals surface area (Å²) in [7, 11) is -3.83. The number of carbonyl (C=O) groups is 2. The van der Waals surface area contributed by atoms with Crippen molar-refractivity contribution >= 4 is 38.9 Å². The number of hydrogen-bond acceptors (Lipinski definition) is 5. The Balaban J connectivity index is 1.61. The molecule has 140 valence electrons. The van der Waals surface area contributed by atoms with E-state index in [0.29, 0.717) is 41.5 Å². The molecule has 0 unspecified atom stereocenters. The number of amides is 2. The van der Waals surface area contributed by atoms with Crippen molar-refractivity contribution in [2.75, 3.05) is 28.1 Å². The zero-order valence-electron chi connectivity index (χ0n) is 14.5. The number of ether oxygens (including phenoxy) is 1. The van der Waals surface area contributed by atoms with Crippen molar-refractivity contribution in [1.29, 1.82) is 0 Å². The summed E-state index contributed by atoms with van der Waals surface area (Å²) >= 11 is 0. The van der Waals surface area contributed by atoms with Crippen LogP contribution in [-0.4, -0.2) is 33.4 Å². The maximum Gasteiger partial charge on any atom is 0.261 e. The minimum atomic E-state index is -3.83. The van der Waals surface area contributed by atoms with Crippen LogP contribution < -0.4 is 19.7 Å². The van der Waals surface area contributed by atoms with Gasteiger partial charge in [-0.1, -0.05) is 0 Å². The van der Waals surface area contributed by atoms with Gasteiger partial charge in [-0.15, -0.1) is 0 Å². The second kappa shape index (κ2) is 6.27. The number of benzene rings is 2. The number of sulfonamides is 1. The van der Waals surface area contributed by atoms with Gasteiger partial charge in [-0.25, -0.2) is 8.42 Å². The lowest BCUT2D eigenvalue weighted by Crippen LogP contribution is -2.36. The number of rotatable bonds is 3. The number of fused-ring (bicyclic) bond motifs is 2. The van der Waals surface area contributed by atoms with E-state index in [4.69, 9.17) is 4.74 Å². The molecule has 0 saturated carbocycles. The molecule has 2 aliphatic heterocycles. The van der Waals surface area contributed by atoms with E-state index in [0.717, 1.165) is 0 Å². The van der Waals surface area contributed by atoms with Crippen molar-refractivity contribution in [3.8, 4) is 5.75 Å². The first kappa shape index (κ1) is 17.3. The quantitative estimate of drug-likeness (QED) is 0.835. The largest absolute Gasteiger partial charge is 0.489 e. The van der Waals surface area contributed by atoms with E-state index in [2.05, 4.69) is 10.0 Å². The molecule has 8 nitrogen and oxygen atoms in total. The molecule has 0 aromatic heterocycles. The highest BCUT2D eigenvalue weighted by Crippen LogP contribution is 2.35. The molecule has 2 aromatic rings. The predicted molar refractivity (Wildman–Crippen MR) is 99.5 cm³/mol. The number of carbonyl (C=O) groups excluding carboxylic acids is 2. The molecule has 0 aliphatic carbocycles. The Bertz CT molecular complexity index is 1060. The van der Waals surface area contributed by atoms with Crippen molar-refractivity contribution in [3.05, 3.63) is 42.0 Å². The minimum Gasteiger partial charge on any atom is -0.489 e. The summed E-state index contributed by atoms with van der Waals surface area (Å²) in [6.07, 6.45) is 0.159. The Labute approximate surface area is 156 Å². The van der Waals surface area contributed by atoms with Gasteiger partial charge in [0.2, 0.25) is 11.8 Å². The first-order valence-corrected chi connectivity index (χ1v) is 9.82. The molecule has 0 radical (unpaired) electrons. The SMILES string of the molecule is CC(=O)N1CCOc2cc(NS(=O)(=O)c3ccc4c(c3)CC(=O)N4)ccc21. The van der Waals surface area contributed by atoms with Gasteiger partial charge in [0.15, 0.2) is 0 Å². The summed E-state index contributed by atoms with van der Waals surface area (Å²) < 4.78 is 33.5. The molecule has 2 aromatic carbocycles. The van der Waals surface area contributed by atoms with Gasteiger partial charge in [0.1, 0.15) is 12.4 Å². The summed E-state index contributed by atoms with van der Waals surface area (Å²) in [5.74, 6) is 0.184. The highest BCUT2D eigenvalue weighted by atomic mass is 32.2. The third-order valence-electron chi connectivity index (χ3n) is 4.47. The lowest BCUT2D eigenvalue weighted by molar-refractivity contribution is -0.117. The van der Waals surface area contributed by atoms with Crippen LogP contribution in [0.1, 0.15) is 12.5 Å². The fourth-order valence-electron chi connectivity index (χ4n) is 3.20. The molecule has 2 amide bonds. The van der Waals surface area contributed by atoms with E-state index >= 15 is 0 Å². The lowest BCUT2D eigenvalue weighted by atomic mass is 10.2. The summed E-state index contributed by atoms with van der Waals surface area (Å²) in [6, 6.07) is 9.30. The number of hydrogen-bond donors (Lipinski definition) is 2. The highest BCUT2D eigenvalue weighted by Gasteiger charge is 2.24. The molecule has 0 atom stereocenters. The van der Waals surface area contributed by atoms with Crippen LogP contribution in [-0.2, 0) is 26.0 Å². The standard InChI is InChI=1S/C18H17N3O5S/c1-11(22)21-6-7-26-17-10-13(2-5-16(17)21)20-27(24,25)14-3-4-15-12(8-14)9-18(23)19-15/h2-5,8,10,20H,6-7,9H2,1H3,(H,19,23). The van der Waals surface area contributed by atoms with Gasteiger partial charge >= 0.3 is 0 Å². The smallest absolute Gasteiger partial charge is 0.261 e. The monoisotopic (exact) mass is 387 g/mol. The first-order chi connectivity index (χ1) is 12.8. The Hall–Kier alpha value is -3.07. The van der Waals surface area contributed by atoms with Crippen molar-refractivity contribution < 1.29 is 22.7 Å². The third kappa shape index (κ3) is 3.21. The third-order valence-corrected chi connectivity index (χ3v) is 5.85. The lowest BCUT2D eigenvalue weighted by Gasteiger charge is -2.29. The van der Waals surface area contributed by atoms with Crippen molar-refractivity contribution in [2.45, 2.75) is 18.2 Å². The second-order valence-electron chi connectivity index (χ2n) is 6.35. The van der Waals surface area contributed by atoms with Crippen LogP contribution in [0.3, 0.4) is 0 Å². The summed E-state index contributed by atoms with van der Waals surface area (Å²) in [5, 5.41) is 2.67. The van der Waals surface area contributed by atoms with Gasteiger partial charge in [0, 0.05) is 18.7 Å². The average molecular weight is 387 g/mol. The number of nitrogens with zero attached hydrogens (tertiary/aromatic N) is 1. The van der Waals surface area contributed by atoms with Crippen LogP contribution in [0.15, 0.2) is 41.3 Å². The molecule has 0 spiro atoms. The average Bonchev–Trinajstić information content (AvgIpc) is 2.99. The number of anilines is 3. The first-order valence-electron chi connectivity index (χ1n) is 8.34. The molecule has 2 N–H and O–H groups in total. The fraction of sp³-hybridized carbons (Fsp3) is 0.222. The highest BCUT2D eigenvalue weighted by molar-refractivity contribution is 7.92. The van der Waals surface area contributed by atoms with E-state index < -0.39 is 10.0 Å². The van der Waals surface area contributed by atoms with Gasteiger partial charge in [0.25, 0.3) is 10.0 Å². The van der Waals surface area contributed by atoms with Gasteiger partial charge in [0.05, 0.1) is 29.2 Å². The van der Waals surface area contributed by atoms with Gasteiger partial charge < -0.3 is 15.0 Å². The Morgan fingerprint density at radius 3 is 2.81 bits per heavy atom. The fourth-order valence-corrected chi connectivity index (χ4v) is 4.30. The normalized spacial score (nSPS) is 15.4. The van der Waals surface area contributed by atoms with Gasteiger partial charge in [-0.3, -0.25) is 14.3 Å². The molecule has 0 fully saturated rings. The van der Waals surface area contributed by atoms with Crippen LogP contribution in [0.5, 0.6) is 5.75 Å². The molecule has 2 heterocycles. The molecule has 27 heavy (non-hydrogen) atoms. The van der Waals surface area contributed by atoms with Gasteiger partial charge in [-0.2, -0.15) is 0 Å². The number of nitrogens with one attached hydrogen (secondary N) is 2. The maximum atomic E-state index is 12.7. The van der Waals surface area contributed by atoms with E-state index in [1.54, 1.807) is 29.2 Å². The van der Waals surface area contributed by atoms with E-state index in [1.807, 2.05) is 0 Å². The van der Waals surface area contributed by atoms with Crippen molar-refractivity contribution in [2.24, 2.45) is 0 Å². The maximum absolute atomic E-state index is 12.7. The van der Waals surface area contributed by atoms with Crippen LogP contribution in [0.25, 0.3) is 0 Å². The summed E-state index contributed by atoms with van der Waals surface area (Å²) in [5.41, 5.74) is 2.21. The molecular formula is C18H17N3O5S. The van der Waals surface area contributed by atoms with E-state index in [-0.39, 0.29) is 23.1 Å². The molecule has 0 bridgehead atoms. The molecule has 9 heteroatoms. The minimum absolute atomic E-state index is 0.0711. The molecular weight excluding hydrogens is 370 g/mol. The molecule has 0 saturated heterocycles. The molecule has 4 rings (SSSR count). The molecule has 2 aliphatic rings. The van der Waals surface area contributed by atoms with Crippen LogP contribution in [0.4, 0.5) is 17.1 Å². The Morgan fingerprint density at radius 1 is 1.22 bits per heavy atom. The van der Waals surface area contributed by atoms with Crippen molar-refractivity contribution in [3.63, 3.8) is 0 Å². The van der Waals surface area contributed by atoms with E-state index in [9.17, 15) is 18.0 Å². The zero-order valence-corrected chi connectivity index (χ0v) is 15.3. The van der Waals surface area contributed by atoms with E-state index in [1.165, 1.54) is 19.1 Å². The zero-order chi connectivity index (χ0) is 19.2. The van der Waals surface area contributed by atoms with Crippen LogP contribution in [0, 0.1) is 0 Å². The summed E-state index contributed by atoms with van der Waals surface area (Å²) in [4.78, 5) is 24.8. The topological polar surface area (TPSA) is 105 Å². The summed E-state index contributed by atoms with van der Waals surface area (Å²) in [6.45, 7) is 2.27. The Kier molecular flexibility index (Phi) is 4.03.